The van der Waals surface area contributed by atoms with Gasteiger partial charge in [-0.3, -0.25) is 4.79 Å². The Bertz CT molecular complexity index is 870. The first-order valence-electron chi connectivity index (χ1n) is 9.95. The zero-order valence-corrected chi connectivity index (χ0v) is 17.4. The summed E-state index contributed by atoms with van der Waals surface area (Å²) in [5.74, 6) is 2.05. The molecular formula is C21H27F2N5O2. The van der Waals surface area contributed by atoms with Gasteiger partial charge < -0.3 is 20.3 Å². The molecule has 0 aliphatic heterocycles. The summed E-state index contributed by atoms with van der Waals surface area (Å²) >= 11 is 0. The molecule has 162 valence electrons. The standard InChI is InChI=1S/C21H27F2N5O2/c1-13-24-18(12-19(25-13)28(2)3)26-15-7-9-16(10-8-15)27-20(29)14-5-4-6-17(11-14)30-21(22)23/h4-6,11-12,15-16,21H,7-10H2,1-3H3,(H,27,29)(H,24,25,26)/t15-,16+. The van der Waals surface area contributed by atoms with E-state index in [1.54, 1.807) is 6.07 Å². The molecule has 1 aliphatic rings. The molecule has 0 unspecified atom stereocenters. The summed E-state index contributed by atoms with van der Waals surface area (Å²) in [6.07, 6.45) is 3.42. The van der Waals surface area contributed by atoms with Crippen molar-refractivity contribution >= 4 is 17.5 Å². The minimum atomic E-state index is -2.92. The molecule has 1 fully saturated rings. The maximum Gasteiger partial charge on any atom is 0.387 e. The molecule has 9 heteroatoms. The molecule has 0 atom stereocenters. The van der Waals surface area contributed by atoms with Crippen LogP contribution < -0.4 is 20.3 Å². The van der Waals surface area contributed by atoms with Gasteiger partial charge in [0, 0.05) is 37.8 Å². The molecule has 1 heterocycles. The highest BCUT2D eigenvalue weighted by Gasteiger charge is 2.23. The highest BCUT2D eigenvalue weighted by molar-refractivity contribution is 5.94. The van der Waals surface area contributed by atoms with Gasteiger partial charge in [-0.15, -0.1) is 0 Å². The number of anilines is 2. The molecule has 0 spiro atoms. The quantitative estimate of drug-likeness (QED) is 0.714. The number of rotatable bonds is 7. The minimum Gasteiger partial charge on any atom is -0.435 e. The van der Waals surface area contributed by atoms with E-state index in [0.29, 0.717) is 11.4 Å². The van der Waals surface area contributed by atoms with Gasteiger partial charge in [0.2, 0.25) is 0 Å². The van der Waals surface area contributed by atoms with Crippen LogP contribution in [0, 0.1) is 6.92 Å². The van der Waals surface area contributed by atoms with E-state index >= 15 is 0 Å². The predicted molar refractivity (Wildman–Crippen MR) is 111 cm³/mol. The van der Waals surface area contributed by atoms with Crippen molar-refractivity contribution in [3.05, 3.63) is 41.7 Å². The van der Waals surface area contributed by atoms with Gasteiger partial charge in [-0.25, -0.2) is 9.97 Å². The molecule has 0 saturated heterocycles. The van der Waals surface area contributed by atoms with E-state index in [9.17, 15) is 13.6 Å². The number of hydrogen-bond acceptors (Lipinski definition) is 6. The largest absolute Gasteiger partial charge is 0.435 e. The Kier molecular flexibility index (Phi) is 7.02. The van der Waals surface area contributed by atoms with Crippen molar-refractivity contribution in [1.29, 1.82) is 0 Å². The van der Waals surface area contributed by atoms with Gasteiger partial charge >= 0.3 is 6.61 Å². The lowest BCUT2D eigenvalue weighted by atomic mass is 9.91. The third-order valence-corrected chi connectivity index (χ3v) is 5.02. The number of ether oxygens (including phenoxy) is 1. The number of amides is 1. The normalized spacial score (nSPS) is 18.7. The molecular weight excluding hydrogens is 392 g/mol. The molecule has 1 saturated carbocycles. The van der Waals surface area contributed by atoms with Gasteiger partial charge in [-0.05, 0) is 50.8 Å². The lowest BCUT2D eigenvalue weighted by Crippen LogP contribution is -2.40. The predicted octanol–water partition coefficient (Wildman–Crippen LogP) is 3.61. The van der Waals surface area contributed by atoms with Crippen LogP contribution in [-0.4, -0.2) is 48.7 Å². The van der Waals surface area contributed by atoms with Crippen LogP contribution in [0.1, 0.15) is 41.9 Å². The maximum atomic E-state index is 12.5. The van der Waals surface area contributed by atoms with E-state index in [2.05, 4.69) is 25.3 Å². The van der Waals surface area contributed by atoms with Crippen LogP contribution in [0.5, 0.6) is 5.75 Å². The SMILES string of the molecule is Cc1nc(N[C@H]2CC[C@@H](NC(=O)c3cccc(OC(F)F)c3)CC2)cc(N(C)C)n1. The maximum absolute atomic E-state index is 12.5. The topological polar surface area (TPSA) is 79.4 Å². The van der Waals surface area contributed by atoms with E-state index in [1.807, 2.05) is 32.0 Å². The van der Waals surface area contributed by atoms with Crippen LogP contribution in [0.25, 0.3) is 0 Å². The number of nitrogens with one attached hydrogen (secondary N) is 2. The van der Waals surface area contributed by atoms with E-state index in [-0.39, 0.29) is 23.7 Å². The molecule has 2 N–H and O–H groups in total. The van der Waals surface area contributed by atoms with Crippen molar-refractivity contribution < 1.29 is 18.3 Å². The van der Waals surface area contributed by atoms with Gasteiger partial charge in [0.1, 0.15) is 23.2 Å². The first-order chi connectivity index (χ1) is 14.3. The van der Waals surface area contributed by atoms with Gasteiger partial charge in [0.05, 0.1) is 0 Å². The molecule has 0 radical (unpaired) electrons. The summed E-state index contributed by atoms with van der Waals surface area (Å²) in [5.41, 5.74) is 0.307. The molecule has 0 bridgehead atoms. The van der Waals surface area contributed by atoms with Crippen molar-refractivity contribution in [3.63, 3.8) is 0 Å². The Hall–Kier alpha value is -2.97. The molecule has 1 amide bonds. The van der Waals surface area contributed by atoms with Crippen molar-refractivity contribution in [2.75, 3.05) is 24.3 Å². The van der Waals surface area contributed by atoms with Gasteiger partial charge in [-0.2, -0.15) is 8.78 Å². The number of benzene rings is 1. The van der Waals surface area contributed by atoms with E-state index < -0.39 is 6.61 Å². The first kappa shape index (κ1) is 21.7. The third-order valence-electron chi connectivity index (χ3n) is 5.02. The summed E-state index contributed by atoms with van der Waals surface area (Å²) in [5, 5.41) is 6.46. The number of alkyl halides is 2. The number of nitrogens with zero attached hydrogens (tertiary/aromatic N) is 3. The smallest absolute Gasteiger partial charge is 0.387 e. The molecule has 1 aromatic carbocycles. The molecule has 3 rings (SSSR count). The Morgan fingerprint density at radius 1 is 1.13 bits per heavy atom. The third kappa shape index (κ3) is 6.01. The van der Waals surface area contributed by atoms with Crippen molar-refractivity contribution in [2.24, 2.45) is 0 Å². The highest BCUT2D eigenvalue weighted by atomic mass is 19.3. The van der Waals surface area contributed by atoms with Crippen LogP contribution in [0.2, 0.25) is 0 Å². The monoisotopic (exact) mass is 419 g/mol. The number of carbonyl (C=O) groups excluding carboxylic acids is 1. The van der Waals surface area contributed by atoms with Gasteiger partial charge in [0.25, 0.3) is 5.91 Å². The summed E-state index contributed by atoms with van der Waals surface area (Å²) in [4.78, 5) is 23.3. The second-order valence-corrected chi connectivity index (χ2v) is 7.63. The van der Waals surface area contributed by atoms with Gasteiger partial charge in [0.15, 0.2) is 0 Å². The van der Waals surface area contributed by atoms with E-state index in [1.165, 1.54) is 18.2 Å². The average Bonchev–Trinajstić information content (AvgIpc) is 2.68. The molecule has 1 aliphatic carbocycles. The lowest BCUT2D eigenvalue weighted by Gasteiger charge is -2.30. The molecule has 30 heavy (non-hydrogen) atoms. The fourth-order valence-electron chi connectivity index (χ4n) is 3.53. The van der Waals surface area contributed by atoms with Crippen LogP contribution in [0.3, 0.4) is 0 Å². The summed E-state index contributed by atoms with van der Waals surface area (Å²) in [6, 6.07) is 8.07. The van der Waals surface area contributed by atoms with Crippen LogP contribution in [-0.2, 0) is 0 Å². The number of aromatic nitrogens is 2. The van der Waals surface area contributed by atoms with Gasteiger partial charge in [-0.1, -0.05) is 6.07 Å². The van der Waals surface area contributed by atoms with E-state index in [0.717, 1.165) is 37.3 Å². The molecule has 1 aromatic heterocycles. The van der Waals surface area contributed by atoms with Crippen LogP contribution in [0.15, 0.2) is 30.3 Å². The number of aryl methyl sites for hydroxylation is 1. The number of carbonyl (C=O) groups is 1. The van der Waals surface area contributed by atoms with Crippen LogP contribution in [0.4, 0.5) is 20.4 Å². The van der Waals surface area contributed by atoms with E-state index in [4.69, 9.17) is 0 Å². The minimum absolute atomic E-state index is 0.0252. The number of halogens is 2. The van der Waals surface area contributed by atoms with Crippen LogP contribution >= 0.6 is 0 Å². The Morgan fingerprint density at radius 3 is 2.50 bits per heavy atom. The number of hydrogen-bond donors (Lipinski definition) is 2. The average molecular weight is 419 g/mol. The summed E-state index contributed by atoms with van der Waals surface area (Å²) in [6.45, 7) is -1.05. The Balaban J connectivity index is 1.52. The second kappa shape index (κ2) is 9.69. The summed E-state index contributed by atoms with van der Waals surface area (Å²) < 4.78 is 29.1. The fourth-order valence-corrected chi connectivity index (χ4v) is 3.53. The van der Waals surface area contributed by atoms with Crippen molar-refractivity contribution in [1.82, 2.24) is 15.3 Å². The van der Waals surface area contributed by atoms with Crippen molar-refractivity contribution in [3.8, 4) is 5.75 Å². The summed E-state index contributed by atoms with van der Waals surface area (Å²) in [7, 11) is 3.88. The molecule has 2 aromatic rings. The first-order valence-corrected chi connectivity index (χ1v) is 9.95. The Morgan fingerprint density at radius 2 is 1.83 bits per heavy atom. The fraction of sp³-hybridized carbons (Fsp3) is 0.476. The van der Waals surface area contributed by atoms with Crippen molar-refractivity contribution in [2.45, 2.75) is 51.3 Å². The molecule has 7 nitrogen and oxygen atoms in total. The zero-order valence-electron chi connectivity index (χ0n) is 17.4. The second-order valence-electron chi connectivity index (χ2n) is 7.63. The Labute approximate surface area is 174 Å². The zero-order chi connectivity index (χ0) is 21.7. The highest BCUT2D eigenvalue weighted by Crippen LogP contribution is 2.24. The lowest BCUT2D eigenvalue weighted by molar-refractivity contribution is -0.0498.